The second-order valence-corrected chi connectivity index (χ2v) is 6.31. The number of nitrogens with zero attached hydrogens (tertiary/aromatic N) is 2. The van der Waals surface area contributed by atoms with Gasteiger partial charge in [-0.3, -0.25) is 4.79 Å². The summed E-state index contributed by atoms with van der Waals surface area (Å²) in [6, 6.07) is 13.3. The molecule has 3 aromatic rings. The monoisotopic (exact) mass is 391 g/mol. The summed E-state index contributed by atoms with van der Waals surface area (Å²) in [5.41, 5.74) is 0.430. The molecule has 9 heteroatoms. The highest BCUT2D eigenvalue weighted by Gasteiger charge is 2.38. The van der Waals surface area contributed by atoms with E-state index in [-0.39, 0.29) is 24.2 Å². The van der Waals surface area contributed by atoms with Gasteiger partial charge >= 0.3 is 6.18 Å². The number of hydrogen-bond acceptors (Lipinski definition) is 4. The number of hydrogen-bond donors (Lipinski definition) is 1. The van der Waals surface area contributed by atoms with Gasteiger partial charge in [0.05, 0.1) is 17.6 Å². The molecule has 146 valence electrons. The minimum atomic E-state index is -4.66. The number of carbonyl (C=O) groups is 1. The van der Waals surface area contributed by atoms with Gasteiger partial charge in [0.1, 0.15) is 19.3 Å². The van der Waals surface area contributed by atoms with Gasteiger partial charge < -0.3 is 19.4 Å². The highest BCUT2D eigenvalue weighted by atomic mass is 19.4. The first-order valence-corrected chi connectivity index (χ1v) is 8.59. The molecule has 1 aliphatic heterocycles. The van der Waals surface area contributed by atoms with Crippen molar-refractivity contribution in [3.63, 3.8) is 0 Å². The summed E-state index contributed by atoms with van der Waals surface area (Å²) < 4.78 is 52.1. The number of alkyl halides is 3. The van der Waals surface area contributed by atoms with Gasteiger partial charge in [-0.2, -0.15) is 13.2 Å². The van der Waals surface area contributed by atoms with Crippen LogP contribution < -0.4 is 14.8 Å². The van der Waals surface area contributed by atoms with Crippen molar-refractivity contribution in [3.05, 3.63) is 54.4 Å². The van der Waals surface area contributed by atoms with Crippen molar-refractivity contribution in [2.75, 3.05) is 13.2 Å². The molecule has 2 aromatic carbocycles. The van der Waals surface area contributed by atoms with E-state index in [9.17, 15) is 18.0 Å². The van der Waals surface area contributed by atoms with Gasteiger partial charge in [-0.05, 0) is 24.3 Å². The fourth-order valence-electron chi connectivity index (χ4n) is 3.04. The van der Waals surface area contributed by atoms with Crippen molar-refractivity contribution in [2.45, 2.75) is 18.8 Å². The van der Waals surface area contributed by atoms with Crippen LogP contribution in [0.25, 0.3) is 11.0 Å². The average Bonchev–Trinajstić information content (AvgIpc) is 3.05. The summed E-state index contributed by atoms with van der Waals surface area (Å²) in [6.45, 7) is -0.153. The Balaban J connectivity index is 1.45. The first-order chi connectivity index (χ1) is 13.4. The maximum Gasteiger partial charge on any atom is 0.449 e. The fraction of sp³-hybridized carbons (Fsp3) is 0.263. The van der Waals surface area contributed by atoms with Gasteiger partial charge in [-0.25, -0.2) is 4.98 Å². The highest BCUT2D eigenvalue weighted by Crippen LogP contribution is 2.32. The third-order valence-corrected chi connectivity index (χ3v) is 4.30. The number of fused-ring (bicyclic) bond motifs is 2. The van der Waals surface area contributed by atoms with Crippen LogP contribution in [0, 0.1) is 0 Å². The smallest absolute Gasteiger partial charge is 0.449 e. The summed E-state index contributed by atoms with van der Waals surface area (Å²) in [4.78, 5) is 15.9. The van der Waals surface area contributed by atoms with Crippen LogP contribution in [0.15, 0.2) is 48.5 Å². The van der Waals surface area contributed by atoms with Crippen molar-refractivity contribution >= 4 is 16.9 Å². The lowest BCUT2D eigenvalue weighted by Gasteiger charge is -2.26. The largest absolute Gasteiger partial charge is 0.486 e. The van der Waals surface area contributed by atoms with E-state index < -0.39 is 30.6 Å². The number of ether oxygens (including phenoxy) is 2. The minimum Gasteiger partial charge on any atom is -0.486 e. The van der Waals surface area contributed by atoms with E-state index in [0.29, 0.717) is 11.5 Å². The Morgan fingerprint density at radius 2 is 1.86 bits per heavy atom. The molecule has 0 aliphatic carbocycles. The molecule has 0 fully saturated rings. The Morgan fingerprint density at radius 1 is 1.14 bits per heavy atom. The van der Waals surface area contributed by atoms with E-state index in [4.69, 9.17) is 9.47 Å². The minimum absolute atomic E-state index is 0.112. The lowest BCUT2D eigenvalue weighted by molar-refractivity contribution is -0.147. The zero-order valence-corrected chi connectivity index (χ0v) is 14.6. The summed E-state index contributed by atoms with van der Waals surface area (Å²) >= 11 is 0. The van der Waals surface area contributed by atoms with Gasteiger partial charge in [-0.15, -0.1) is 0 Å². The lowest BCUT2D eigenvalue weighted by atomic mass is 10.2. The van der Waals surface area contributed by atoms with Crippen molar-refractivity contribution in [1.82, 2.24) is 14.9 Å². The summed E-state index contributed by atoms with van der Waals surface area (Å²) in [6.07, 6.45) is -5.09. The molecule has 2 heterocycles. The SMILES string of the molecule is O=C(Cn1c(C(F)(F)F)nc2ccccc21)NCC1COc2ccccc2O1. The first kappa shape index (κ1) is 18.1. The highest BCUT2D eigenvalue weighted by molar-refractivity contribution is 5.81. The van der Waals surface area contributed by atoms with Crippen LogP contribution in [0.5, 0.6) is 11.5 Å². The van der Waals surface area contributed by atoms with E-state index in [2.05, 4.69) is 10.3 Å². The molecule has 4 rings (SSSR count). The normalized spacial score (nSPS) is 16.2. The summed E-state index contributed by atoms with van der Waals surface area (Å²) in [7, 11) is 0. The Kier molecular flexibility index (Phi) is 4.58. The molecule has 6 nitrogen and oxygen atoms in total. The second-order valence-electron chi connectivity index (χ2n) is 6.31. The second kappa shape index (κ2) is 7.06. The predicted octanol–water partition coefficient (Wildman–Crippen LogP) is 3.01. The lowest BCUT2D eigenvalue weighted by Crippen LogP contribution is -2.41. The molecule has 0 spiro atoms. The Hall–Kier alpha value is -3.23. The van der Waals surface area contributed by atoms with Gasteiger partial charge in [0.25, 0.3) is 0 Å². The fourth-order valence-corrected chi connectivity index (χ4v) is 3.04. The molecular weight excluding hydrogens is 375 g/mol. The van der Waals surface area contributed by atoms with Gasteiger partial charge in [0, 0.05) is 0 Å². The molecule has 1 atom stereocenters. The molecule has 1 amide bonds. The number of carbonyl (C=O) groups excluding carboxylic acids is 1. The van der Waals surface area contributed by atoms with Crippen LogP contribution in [0.1, 0.15) is 5.82 Å². The first-order valence-electron chi connectivity index (χ1n) is 8.59. The zero-order valence-electron chi connectivity index (χ0n) is 14.6. The summed E-state index contributed by atoms with van der Waals surface area (Å²) in [5, 5.41) is 2.60. The third kappa shape index (κ3) is 3.60. The maximum atomic E-state index is 13.3. The van der Waals surface area contributed by atoms with Gasteiger partial charge in [0.2, 0.25) is 11.7 Å². The van der Waals surface area contributed by atoms with Crippen LogP contribution in [-0.4, -0.2) is 34.7 Å². The molecule has 1 aromatic heterocycles. The number of nitrogens with one attached hydrogen (secondary N) is 1. The molecule has 28 heavy (non-hydrogen) atoms. The maximum absolute atomic E-state index is 13.3. The number of amides is 1. The van der Waals surface area contributed by atoms with E-state index in [1.807, 2.05) is 6.07 Å². The van der Waals surface area contributed by atoms with Crippen LogP contribution in [0.3, 0.4) is 0 Å². The molecule has 1 aliphatic rings. The number of benzene rings is 2. The van der Waals surface area contributed by atoms with Crippen LogP contribution in [-0.2, 0) is 17.5 Å². The molecular formula is C19H16F3N3O3. The molecule has 0 saturated carbocycles. The zero-order chi connectivity index (χ0) is 19.7. The van der Waals surface area contributed by atoms with E-state index >= 15 is 0 Å². The predicted molar refractivity (Wildman–Crippen MR) is 94.1 cm³/mol. The van der Waals surface area contributed by atoms with Crippen LogP contribution in [0.2, 0.25) is 0 Å². The number of imidazole rings is 1. The van der Waals surface area contributed by atoms with Crippen molar-refractivity contribution in [2.24, 2.45) is 0 Å². The van der Waals surface area contributed by atoms with E-state index in [0.717, 1.165) is 4.57 Å². The van der Waals surface area contributed by atoms with E-state index in [1.54, 1.807) is 30.3 Å². The van der Waals surface area contributed by atoms with Crippen molar-refractivity contribution in [3.8, 4) is 11.5 Å². The van der Waals surface area contributed by atoms with Gasteiger partial charge in [-0.1, -0.05) is 24.3 Å². The van der Waals surface area contributed by atoms with Crippen molar-refractivity contribution < 1.29 is 27.4 Å². The Morgan fingerprint density at radius 3 is 2.64 bits per heavy atom. The molecule has 1 unspecified atom stereocenters. The topological polar surface area (TPSA) is 65.4 Å². The quantitative estimate of drug-likeness (QED) is 0.743. The number of para-hydroxylation sites is 4. The van der Waals surface area contributed by atoms with Crippen LogP contribution in [0.4, 0.5) is 13.2 Å². The number of rotatable bonds is 4. The Labute approximate surface area is 157 Å². The van der Waals surface area contributed by atoms with Gasteiger partial charge in [0.15, 0.2) is 11.5 Å². The van der Waals surface area contributed by atoms with Crippen molar-refractivity contribution in [1.29, 1.82) is 0 Å². The molecule has 0 bridgehead atoms. The molecule has 0 radical (unpaired) electrons. The molecule has 0 saturated heterocycles. The number of halogens is 3. The average molecular weight is 391 g/mol. The van der Waals surface area contributed by atoms with E-state index in [1.165, 1.54) is 12.1 Å². The van der Waals surface area contributed by atoms with Crippen LogP contribution >= 0.6 is 0 Å². The standard InChI is InChI=1S/C19H16F3N3O3/c20-19(21,22)18-24-13-5-1-2-6-14(13)25(18)10-17(26)23-9-12-11-27-15-7-3-4-8-16(15)28-12/h1-8,12H,9-11H2,(H,23,26). The Bertz CT molecular complexity index is 1020. The summed E-state index contributed by atoms with van der Waals surface area (Å²) in [5.74, 6) is -0.496. The third-order valence-electron chi connectivity index (χ3n) is 4.30. The number of aromatic nitrogens is 2. The molecule has 1 N–H and O–H groups in total.